The van der Waals surface area contributed by atoms with E-state index in [0.29, 0.717) is 6.42 Å². The van der Waals surface area contributed by atoms with Crippen LogP contribution in [0.25, 0.3) is 10.9 Å². The first-order chi connectivity index (χ1) is 18.1. The van der Waals surface area contributed by atoms with Gasteiger partial charge in [-0.25, -0.2) is 4.79 Å². The second-order valence-electron chi connectivity index (χ2n) is 10.6. The first kappa shape index (κ1) is 29.2. The molecule has 6 atom stereocenters. The number of hydrogen-bond donors (Lipinski definition) is 4. The van der Waals surface area contributed by atoms with Crippen molar-refractivity contribution in [1.82, 2.24) is 20.9 Å². The number of aromatic nitrogens is 1. The highest BCUT2D eigenvalue weighted by Gasteiger charge is 2.35. The first-order valence-electron chi connectivity index (χ1n) is 13.8. The van der Waals surface area contributed by atoms with Gasteiger partial charge < -0.3 is 25.7 Å². The normalized spacial score (nSPS) is 25.2. The van der Waals surface area contributed by atoms with Gasteiger partial charge in [0.2, 0.25) is 17.7 Å². The zero-order valence-electron chi connectivity index (χ0n) is 23.1. The van der Waals surface area contributed by atoms with Gasteiger partial charge in [-0.1, -0.05) is 65.2 Å². The van der Waals surface area contributed by atoms with Gasteiger partial charge in [-0.3, -0.25) is 14.4 Å². The number of nitrogens with one attached hydrogen (secondary N) is 4. The second-order valence-corrected chi connectivity index (χ2v) is 10.6. The Balaban J connectivity index is 1.93. The highest BCUT2D eigenvalue weighted by atomic mass is 16.5. The summed E-state index contributed by atoms with van der Waals surface area (Å²) in [6, 6.07) is 5.03. The molecular formula is C29H42N4O5. The number of ether oxygens (including phenoxy) is 1. The molecule has 4 N–H and O–H groups in total. The van der Waals surface area contributed by atoms with Crippen molar-refractivity contribution < 1.29 is 23.9 Å². The van der Waals surface area contributed by atoms with Gasteiger partial charge in [-0.15, -0.1) is 0 Å². The Morgan fingerprint density at radius 1 is 0.974 bits per heavy atom. The van der Waals surface area contributed by atoms with Crippen LogP contribution in [0, 0.1) is 11.8 Å². The number of benzene rings is 1. The van der Waals surface area contributed by atoms with Crippen LogP contribution in [0.2, 0.25) is 0 Å². The Kier molecular flexibility index (Phi) is 10.3. The van der Waals surface area contributed by atoms with Gasteiger partial charge >= 0.3 is 5.97 Å². The third-order valence-electron chi connectivity index (χ3n) is 7.57. The number of H-pyrrole nitrogens is 1. The van der Waals surface area contributed by atoms with Gasteiger partial charge in [-0.2, -0.15) is 0 Å². The van der Waals surface area contributed by atoms with Gasteiger partial charge in [0.25, 0.3) is 0 Å². The maximum absolute atomic E-state index is 13.4. The molecule has 1 aromatic carbocycles. The lowest BCUT2D eigenvalue weighted by Gasteiger charge is -2.29. The number of unbranched alkanes of at least 4 members (excludes halogenated alkanes) is 1. The summed E-state index contributed by atoms with van der Waals surface area (Å²) in [5.74, 6) is -2.13. The number of aromatic amines is 1. The average molecular weight is 527 g/mol. The summed E-state index contributed by atoms with van der Waals surface area (Å²) in [5.41, 5.74) is 1.80. The molecule has 38 heavy (non-hydrogen) atoms. The molecule has 0 bridgehead atoms. The third kappa shape index (κ3) is 7.36. The van der Waals surface area contributed by atoms with Crippen molar-refractivity contribution in [2.75, 3.05) is 0 Å². The molecule has 1 saturated heterocycles. The second kappa shape index (κ2) is 13.4. The van der Waals surface area contributed by atoms with E-state index in [1.165, 1.54) is 0 Å². The van der Waals surface area contributed by atoms with E-state index in [2.05, 4.69) is 27.9 Å². The summed E-state index contributed by atoms with van der Waals surface area (Å²) in [7, 11) is 0. The minimum Gasteiger partial charge on any atom is -0.460 e. The van der Waals surface area contributed by atoms with Crippen molar-refractivity contribution in [3.8, 4) is 0 Å². The molecule has 2 aromatic rings. The number of fused-ring (bicyclic) bond motifs is 1. The lowest BCUT2D eigenvalue weighted by atomic mass is 9.94. The molecule has 0 saturated carbocycles. The van der Waals surface area contributed by atoms with Gasteiger partial charge in [0.15, 0.2) is 0 Å². The number of para-hydroxylation sites is 1. The fourth-order valence-electron chi connectivity index (χ4n) is 4.79. The monoisotopic (exact) mass is 526 g/mol. The predicted molar refractivity (Wildman–Crippen MR) is 146 cm³/mol. The van der Waals surface area contributed by atoms with Crippen LogP contribution in [-0.4, -0.2) is 52.9 Å². The number of carbonyl (C=O) groups is 4. The van der Waals surface area contributed by atoms with E-state index in [4.69, 9.17) is 4.74 Å². The maximum atomic E-state index is 13.4. The van der Waals surface area contributed by atoms with Crippen LogP contribution in [-0.2, 0) is 30.3 Å². The van der Waals surface area contributed by atoms with Crippen LogP contribution in [0.3, 0.4) is 0 Å². The molecule has 0 aliphatic carbocycles. The molecule has 0 spiro atoms. The van der Waals surface area contributed by atoms with E-state index < -0.39 is 42.0 Å². The van der Waals surface area contributed by atoms with E-state index >= 15 is 0 Å². The molecule has 1 aliphatic heterocycles. The van der Waals surface area contributed by atoms with Crippen LogP contribution in [0.1, 0.15) is 72.3 Å². The highest BCUT2D eigenvalue weighted by Crippen LogP contribution is 2.22. The number of cyclic esters (lactones) is 1. The molecule has 208 valence electrons. The number of hydrogen-bond acceptors (Lipinski definition) is 5. The Hall–Kier alpha value is -3.36. The van der Waals surface area contributed by atoms with Gasteiger partial charge in [0, 0.05) is 23.5 Å². The molecule has 0 radical (unpaired) electrons. The van der Waals surface area contributed by atoms with E-state index in [-0.39, 0.29) is 30.6 Å². The molecule has 1 aromatic heterocycles. The van der Waals surface area contributed by atoms with Crippen LogP contribution in [0.15, 0.2) is 30.5 Å². The van der Waals surface area contributed by atoms with E-state index in [1.54, 1.807) is 6.92 Å². The van der Waals surface area contributed by atoms with Crippen molar-refractivity contribution in [3.05, 3.63) is 36.0 Å². The SMILES string of the molecule is CCCCC(C)C1CC(=O)NC(Cc2c[nH]c3ccccc23)C(=O)NC(C)C(=O)NC(C(C)CC)C(=O)O1. The summed E-state index contributed by atoms with van der Waals surface area (Å²) in [5, 5.41) is 9.33. The Labute approximate surface area is 224 Å². The Morgan fingerprint density at radius 3 is 2.42 bits per heavy atom. The van der Waals surface area contributed by atoms with Crippen LogP contribution in [0.4, 0.5) is 0 Å². The quantitative estimate of drug-likeness (QED) is 0.392. The highest BCUT2D eigenvalue weighted by molar-refractivity contribution is 5.94. The van der Waals surface area contributed by atoms with Crippen molar-refractivity contribution in [1.29, 1.82) is 0 Å². The molecular weight excluding hydrogens is 484 g/mol. The minimum atomic E-state index is -0.913. The number of esters is 1. The fourth-order valence-corrected chi connectivity index (χ4v) is 4.79. The van der Waals surface area contributed by atoms with Crippen LogP contribution >= 0.6 is 0 Å². The molecule has 9 heteroatoms. The van der Waals surface area contributed by atoms with Crippen molar-refractivity contribution >= 4 is 34.6 Å². The van der Waals surface area contributed by atoms with E-state index in [9.17, 15) is 19.2 Å². The van der Waals surface area contributed by atoms with Crippen molar-refractivity contribution in [2.45, 2.75) is 97.4 Å². The summed E-state index contributed by atoms with van der Waals surface area (Å²) >= 11 is 0. The van der Waals surface area contributed by atoms with Crippen LogP contribution in [0.5, 0.6) is 0 Å². The van der Waals surface area contributed by atoms with Gasteiger partial charge in [0.05, 0.1) is 6.42 Å². The van der Waals surface area contributed by atoms with Gasteiger partial charge in [0.1, 0.15) is 24.2 Å². The number of rotatable bonds is 8. The Morgan fingerprint density at radius 2 is 1.71 bits per heavy atom. The van der Waals surface area contributed by atoms with Gasteiger partial charge in [-0.05, 0) is 36.8 Å². The third-order valence-corrected chi connectivity index (χ3v) is 7.57. The fraction of sp³-hybridized carbons (Fsp3) is 0.586. The zero-order valence-corrected chi connectivity index (χ0v) is 23.1. The lowest BCUT2D eigenvalue weighted by Crippen LogP contribution is -2.55. The maximum Gasteiger partial charge on any atom is 0.329 e. The topological polar surface area (TPSA) is 129 Å². The van der Waals surface area contributed by atoms with Crippen molar-refractivity contribution in [2.24, 2.45) is 11.8 Å². The predicted octanol–water partition coefficient (Wildman–Crippen LogP) is 3.37. The van der Waals surface area contributed by atoms with E-state index in [1.807, 2.05) is 51.2 Å². The van der Waals surface area contributed by atoms with Crippen LogP contribution < -0.4 is 16.0 Å². The lowest BCUT2D eigenvalue weighted by molar-refractivity contribution is -0.158. The molecule has 6 unspecified atom stereocenters. The summed E-state index contributed by atoms with van der Waals surface area (Å²) in [6.45, 7) is 9.41. The molecule has 3 amide bonds. The summed E-state index contributed by atoms with van der Waals surface area (Å²) in [4.78, 5) is 56.1. The molecule has 3 rings (SSSR count). The number of amides is 3. The largest absolute Gasteiger partial charge is 0.460 e. The van der Waals surface area contributed by atoms with E-state index in [0.717, 1.165) is 35.7 Å². The minimum absolute atomic E-state index is 0.0645. The first-order valence-corrected chi connectivity index (χ1v) is 13.8. The summed E-state index contributed by atoms with van der Waals surface area (Å²) < 4.78 is 5.91. The van der Waals surface area contributed by atoms with Crippen molar-refractivity contribution in [3.63, 3.8) is 0 Å². The summed E-state index contributed by atoms with van der Waals surface area (Å²) in [6.07, 6.45) is 4.68. The molecule has 1 aliphatic rings. The molecule has 2 heterocycles. The molecule has 1 fully saturated rings. The number of carbonyl (C=O) groups excluding carboxylic acids is 4. The zero-order chi connectivity index (χ0) is 27.8. The molecule has 9 nitrogen and oxygen atoms in total. The smallest absolute Gasteiger partial charge is 0.329 e. The Bertz CT molecular complexity index is 1130. The standard InChI is InChI=1S/C29H42N4O5/c1-6-8-11-18(4)24-15-25(34)32-23(14-20-16-30-22-13-10-9-12-21(20)22)28(36)31-19(5)27(35)33-26(17(3)7-2)29(37)38-24/h9-10,12-13,16-19,23-24,26,30H,6-8,11,14-15H2,1-5H3,(H,31,36)(H,32,34)(H,33,35). The average Bonchev–Trinajstić information content (AvgIpc) is 3.31.